The third-order valence-corrected chi connectivity index (χ3v) is 5.70. The zero-order valence-electron chi connectivity index (χ0n) is 16.3. The minimum Gasteiger partial charge on any atom is -0.321 e. The third-order valence-electron chi connectivity index (χ3n) is 4.84. The highest BCUT2D eigenvalue weighted by Gasteiger charge is 2.18. The lowest BCUT2D eigenvalue weighted by atomic mass is 10.1. The number of urea groups is 1. The standard InChI is InChI=1S/C23H20FN3O2S/c1-15-4-2-5-16-12-17(22(28)26-21(15)16)13-27(14-20-6-3-11-30-20)23(29)25-19-9-7-18(24)8-10-19/h2-12H,13-14H2,1H3,(H,25,29)(H,26,28). The van der Waals surface area contributed by atoms with Crippen molar-refractivity contribution < 1.29 is 9.18 Å². The molecule has 7 heteroatoms. The molecule has 2 amide bonds. The number of benzene rings is 2. The van der Waals surface area contributed by atoms with Crippen LogP contribution in [0.4, 0.5) is 14.9 Å². The van der Waals surface area contributed by atoms with Gasteiger partial charge in [0.2, 0.25) is 0 Å². The number of aryl methyl sites for hydroxylation is 1. The maximum atomic E-state index is 13.2. The summed E-state index contributed by atoms with van der Waals surface area (Å²) in [6, 6.07) is 16.7. The summed E-state index contributed by atoms with van der Waals surface area (Å²) in [7, 11) is 0. The average Bonchev–Trinajstić information content (AvgIpc) is 3.24. The molecule has 0 saturated carbocycles. The van der Waals surface area contributed by atoms with Gasteiger partial charge in [-0.05, 0) is 59.7 Å². The number of halogens is 1. The van der Waals surface area contributed by atoms with E-state index in [1.54, 1.807) is 4.90 Å². The van der Waals surface area contributed by atoms with E-state index in [0.29, 0.717) is 17.8 Å². The van der Waals surface area contributed by atoms with Crippen LogP contribution in [-0.2, 0) is 13.1 Å². The number of nitrogens with one attached hydrogen (secondary N) is 2. The van der Waals surface area contributed by atoms with Gasteiger partial charge in [0.1, 0.15) is 5.82 Å². The van der Waals surface area contributed by atoms with Crippen molar-refractivity contribution in [2.45, 2.75) is 20.0 Å². The first-order chi connectivity index (χ1) is 14.5. The highest BCUT2D eigenvalue weighted by molar-refractivity contribution is 7.09. The molecule has 0 aliphatic carbocycles. The van der Waals surface area contributed by atoms with Crippen molar-refractivity contribution in [3.8, 4) is 0 Å². The summed E-state index contributed by atoms with van der Waals surface area (Å²) in [5, 5.41) is 5.64. The average molecular weight is 421 g/mol. The summed E-state index contributed by atoms with van der Waals surface area (Å²) in [6.45, 7) is 2.44. The summed E-state index contributed by atoms with van der Waals surface area (Å²) in [5.74, 6) is -0.374. The van der Waals surface area contributed by atoms with Gasteiger partial charge in [0.05, 0.1) is 18.6 Å². The van der Waals surface area contributed by atoms with Crippen molar-refractivity contribution in [1.29, 1.82) is 0 Å². The number of rotatable bonds is 5. The van der Waals surface area contributed by atoms with Gasteiger partial charge in [-0.3, -0.25) is 4.79 Å². The molecule has 0 unspecified atom stereocenters. The Hall–Kier alpha value is -3.45. The van der Waals surface area contributed by atoms with Crippen molar-refractivity contribution >= 4 is 34.0 Å². The van der Waals surface area contributed by atoms with Crippen LogP contribution < -0.4 is 10.9 Å². The summed E-state index contributed by atoms with van der Waals surface area (Å²) in [6.07, 6.45) is 0. The van der Waals surface area contributed by atoms with Crippen LogP contribution in [0.25, 0.3) is 10.9 Å². The number of carbonyl (C=O) groups is 1. The number of amides is 2. The van der Waals surface area contributed by atoms with Crippen LogP contribution in [0.2, 0.25) is 0 Å². The second kappa shape index (κ2) is 8.51. The first-order valence-electron chi connectivity index (χ1n) is 9.45. The molecule has 2 N–H and O–H groups in total. The second-order valence-corrected chi connectivity index (χ2v) is 8.07. The molecule has 0 spiro atoms. The Morgan fingerprint density at radius 2 is 1.90 bits per heavy atom. The summed E-state index contributed by atoms with van der Waals surface area (Å²) >= 11 is 1.54. The van der Waals surface area contributed by atoms with Gasteiger partial charge in [-0.1, -0.05) is 24.3 Å². The molecule has 4 rings (SSSR count). The van der Waals surface area contributed by atoms with Gasteiger partial charge in [-0.2, -0.15) is 0 Å². The topological polar surface area (TPSA) is 65.2 Å². The molecule has 0 bridgehead atoms. The molecule has 30 heavy (non-hydrogen) atoms. The van der Waals surface area contributed by atoms with E-state index in [2.05, 4.69) is 10.3 Å². The Balaban J connectivity index is 1.63. The van der Waals surface area contributed by atoms with E-state index in [1.165, 1.54) is 35.6 Å². The molecule has 4 aromatic rings. The van der Waals surface area contributed by atoms with E-state index in [4.69, 9.17) is 0 Å². The third kappa shape index (κ3) is 4.41. The van der Waals surface area contributed by atoms with Crippen LogP contribution in [-0.4, -0.2) is 15.9 Å². The zero-order chi connectivity index (χ0) is 21.1. The number of carbonyl (C=O) groups excluding carboxylic acids is 1. The molecular formula is C23H20FN3O2S. The van der Waals surface area contributed by atoms with Crippen molar-refractivity contribution in [1.82, 2.24) is 9.88 Å². The number of nitrogens with zero attached hydrogens (tertiary/aromatic N) is 1. The molecule has 152 valence electrons. The van der Waals surface area contributed by atoms with Gasteiger partial charge < -0.3 is 15.2 Å². The molecule has 2 aromatic heterocycles. The summed E-state index contributed by atoms with van der Waals surface area (Å²) in [5.41, 5.74) is 2.55. The predicted octanol–water partition coefficient (Wildman–Crippen LogP) is 5.27. The fourth-order valence-electron chi connectivity index (χ4n) is 3.28. The summed E-state index contributed by atoms with van der Waals surface area (Å²) < 4.78 is 13.2. The largest absolute Gasteiger partial charge is 0.322 e. The number of para-hydroxylation sites is 1. The van der Waals surface area contributed by atoms with Gasteiger partial charge >= 0.3 is 6.03 Å². The number of thiophene rings is 1. The van der Waals surface area contributed by atoms with Gasteiger partial charge in [0.25, 0.3) is 5.56 Å². The molecule has 0 aliphatic heterocycles. The smallest absolute Gasteiger partial charge is 0.321 e. The first-order valence-corrected chi connectivity index (χ1v) is 10.3. The number of pyridine rings is 1. The lowest BCUT2D eigenvalue weighted by molar-refractivity contribution is 0.207. The fraction of sp³-hybridized carbons (Fsp3) is 0.130. The van der Waals surface area contributed by atoms with E-state index in [9.17, 15) is 14.0 Å². The Morgan fingerprint density at radius 3 is 2.63 bits per heavy atom. The van der Waals surface area contributed by atoms with Crippen molar-refractivity contribution in [3.05, 3.63) is 98.2 Å². The van der Waals surface area contributed by atoms with Crippen LogP contribution in [0.3, 0.4) is 0 Å². The molecule has 0 saturated heterocycles. The SMILES string of the molecule is Cc1cccc2cc(CN(Cc3cccs3)C(=O)Nc3ccc(F)cc3)c(=O)[nH]c12. The Morgan fingerprint density at radius 1 is 1.10 bits per heavy atom. The Labute approximate surface area is 176 Å². The number of H-pyrrole nitrogens is 1. The molecule has 2 heterocycles. The maximum absolute atomic E-state index is 13.2. The minimum absolute atomic E-state index is 0.143. The van der Waals surface area contributed by atoms with Crippen LogP contribution in [0.15, 0.2) is 70.8 Å². The lowest BCUT2D eigenvalue weighted by Crippen LogP contribution is -2.35. The van der Waals surface area contributed by atoms with Crippen LogP contribution in [0, 0.1) is 12.7 Å². The molecule has 0 aliphatic rings. The molecule has 0 fully saturated rings. The maximum Gasteiger partial charge on any atom is 0.322 e. The Kier molecular flexibility index (Phi) is 5.63. The van der Waals surface area contributed by atoms with E-state index >= 15 is 0 Å². The normalized spacial score (nSPS) is 10.9. The fourth-order valence-corrected chi connectivity index (χ4v) is 4.00. The monoisotopic (exact) mass is 421 g/mol. The second-order valence-electron chi connectivity index (χ2n) is 7.04. The van der Waals surface area contributed by atoms with E-state index < -0.39 is 0 Å². The van der Waals surface area contributed by atoms with Gasteiger partial charge in [0.15, 0.2) is 0 Å². The van der Waals surface area contributed by atoms with E-state index in [-0.39, 0.29) is 24.0 Å². The molecule has 0 radical (unpaired) electrons. The van der Waals surface area contributed by atoms with Gasteiger partial charge in [-0.15, -0.1) is 11.3 Å². The lowest BCUT2D eigenvalue weighted by Gasteiger charge is -2.22. The molecule has 2 aromatic carbocycles. The van der Waals surface area contributed by atoms with E-state index in [0.717, 1.165) is 21.3 Å². The number of fused-ring (bicyclic) bond motifs is 1. The van der Waals surface area contributed by atoms with Crippen LogP contribution >= 0.6 is 11.3 Å². The van der Waals surface area contributed by atoms with Crippen molar-refractivity contribution in [3.63, 3.8) is 0 Å². The van der Waals surface area contributed by atoms with Crippen LogP contribution in [0.1, 0.15) is 16.0 Å². The Bertz CT molecular complexity index is 1230. The molecule has 5 nitrogen and oxygen atoms in total. The van der Waals surface area contributed by atoms with Gasteiger partial charge in [0, 0.05) is 16.1 Å². The first kappa shape index (κ1) is 19.8. The summed E-state index contributed by atoms with van der Waals surface area (Å²) in [4.78, 5) is 31.2. The number of aromatic nitrogens is 1. The quantitative estimate of drug-likeness (QED) is 0.461. The number of hydrogen-bond acceptors (Lipinski definition) is 3. The van der Waals surface area contributed by atoms with Crippen molar-refractivity contribution in [2.75, 3.05) is 5.32 Å². The number of anilines is 1. The number of hydrogen-bond donors (Lipinski definition) is 2. The molecule has 0 atom stereocenters. The highest BCUT2D eigenvalue weighted by Crippen LogP contribution is 2.19. The predicted molar refractivity (Wildman–Crippen MR) is 118 cm³/mol. The highest BCUT2D eigenvalue weighted by atomic mass is 32.1. The molecular weight excluding hydrogens is 401 g/mol. The van der Waals surface area contributed by atoms with Gasteiger partial charge in [-0.25, -0.2) is 9.18 Å². The van der Waals surface area contributed by atoms with Crippen molar-refractivity contribution in [2.24, 2.45) is 0 Å². The van der Waals surface area contributed by atoms with Crippen LogP contribution in [0.5, 0.6) is 0 Å². The van der Waals surface area contributed by atoms with E-state index in [1.807, 2.05) is 48.7 Å². The minimum atomic E-state index is -0.374. The zero-order valence-corrected chi connectivity index (χ0v) is 17.1. The number of aromatic amines is 1.